The van der Waals surface area contributed by atoms with Crippen LogP contribution in [0.5, 0.6) is 0 Å². The molecule has 3 nitrogen and oxygen atoms in total. The summed E-state index contributed by atoms with van der Waals surface area (Å²) >= 11 is 0. The van der Waals surface area contributed by atoms with Crippen molar-refractivity contribution in [3.8, 4) is 0 Å². The van der Waals surface area contributed by atoms with Crippen LogP contribution >= 0.6 is 0 Å². The first-order valence-corrected chi connectivity index (χ1v) is 6.61. The first-order valence-electron chi connectivity index (χ1n) is 6.61. The SMILES string of the molecule is COC(=O)C(CN1CCCCCC1)C1CC1. The van der Waals surface area contributed by atoms with Crippen LogP contribution in [0.25, 0.3) is 0 Å². The van der Waals surface area contributed by atoms with E-state index in [9.17, 15) is 4.79 Å². The highest BCUT2D eigenvalue weighted by Gasteiger charge is 2.37. The van der Waals surface area contributed by atoms with E-state index in [1.165, 1.54) is 58.7 Å². The second-order valence-electron chi connectivity index (χ2n) is 5.18. The fourth-order valence-corrected chi connectivity index (χ4v) is 2.66. The number of ether oxygens (including phenoxy) is 1. The molecule has 1 unspecified atom stereocenters. The van der Waals surface area contributed by atoms with E-state index in [-0.39, 0.29) is 11.9 Å². The topological polar surface area (TPSA) is 29.5 Å². The van der Waals surface area contributed by atoms with Crippen molar-refractivity contribution < 1.29 is 9.53 Å². The van der Waals surface area contributed by atoms with Gasteiger partial charge in [-0.05, 0) is 44.7 Å². The van der Waals surface area contributed by atoms with Crippen molar-refractivity contribution in [3.63, 3.8) is 0 Å². The molecule has 2 rings (SSSR count). The Hall–Kier alpha value is -0.570. The zero-order chi connectivity index (χ0) is 11.4. The molecule has 0 amide bonds. The smallest absolute Gasteiger partial charge is 0.310 e. The maximum absolute atomic E-state index is 11.7. The molecular weight excluding hydrogens is 202 g/mol. The molecule has 2 aliphatic rings. The molecule has 1 saturated heterocycles. The Labute approximate surface area is 98.1 Å². The lowest BCUT2D eigenvalue weighted by atomic mass is 10.0. The van der Waals surface area contributed by atoms with Crippen LogP contribution in [0.3, 0.4) is 0 Å². The maximum atomic E-state index is 11.7. The summed E-state index contributed by atoms with van der Waals surface area (Å²) < 4.78 is 4.92. The van der Waals surface area contributed by atoms with Crippen LogP contribution in [0.1, 0.15) is 38.5 Å². The summed E-state index contributed by atoms with van der Waals surface area (Å²) in [4.78, 5) is 14.2. The minimum atomic E-state index is 0.00625. The van der Waals surface area contributed by atoms with Crippen LogP contribution in [-0.4, -0.2) is 37.6 Å². The molecule has 3 heteroatoms. The molecule has 1 atom stereocenters. The molecule has 0 N–H and O–H groups in total. The van der Waals surface area contributed by atoms with Gasteiger partial charge in [-0.3, -0.25) is 4.79 Å². The van der Waals surface area contributed by atoms with Gasteiger partial charge in [0.15, 0.2) is 0 Å². The van der Waals surface area contributed by atoms with Gasteiger partial charge < -0.3 is 9.64 Å². The summed E-state index contributed by atoms with van der Waals surface area (Å²) in [6.45, 7) is 3.26. The summed E-state index contributed by atoms with van der Waals surface area (Å²) in [5.74, 6) is 0.755. The van der Waals surface area contributed by atoms with Gasteiger partial charge in [0, 0.05) is 6.54 Å². The van der Waals surface area contributed by atoms with Gasteiger partial charge in [0.2, 0.25) is 0 Å². The number of methoxy groups -OCH3 is 1. The molecule has 0 aromatic carbocycles. The average Bonchev–Trinajstić information content (AvgIpc) is 3.11. The molecule has 16 heavy (non-hydrogen) atoms. The van der Waals surface area contributed by atoms with Crippen molar-refractivity contribution in [1.82, 2.24) is 4.90 Å². The monoisotopic (exact) mass is 225 g/mol. The Morgan fingerprint density at radius 1 is 1.25 bits per heavy atom. The average molecular weight is 225 g/mol. The zero-order valence-electron chi connectivity index (χ0n) is 10.3. The van der Waals surface area contributed by atoms with Gasteiger partial charge in [0.05, 0.1) is 13.0 Å². The van der Waals surface area contributed by atoms with Crippen molar-refractivity contribution in [2.75, 3.05) is 26.7 Å². The normalized spacial score (nSPS) is 24.8. The maximum Gasteiger partial charge on any atom is 0.310 e. The van der Waals surface area contributed by atoms with Gasteiger partial charge in [-0.1, -0.05) is 12.8 Å². The van der Waals surface area contributed by atoms with Gasteiger partial charge in [-0.2, -0.15) is 0 Å². The van der Waals surface area contributed by atoms with Crippen molar-refractivity contribution in [2.45, 2.75) is 38.5 Å². The third kappa shape index (κ3) is 3.21. The highest BCUT2D eigenvalue weighted by molar-refractivity contribution is 5.73. The number of rotatable bonds is 4. The second-order valence-corrected chi connectivity index (χ2v) is 5.18. The van der Waals surface area contributed by atoms with Crippen LogP contribution in [0.2, 0.25) is 0 Å². The van der Waals surface area contributed by atoms with E-state index in [0.717, 1.165) is 6.54 Å². The summed E-state index contributed by atoms with van der Waals surface area (Å²) in [6, 6.07) is 0. The molecule has 0 radical (unpaired) electrons. The van der Waals surface area contributed by atoms with Crippen molar-refractivity contribution in [2.24, 2.45) is 11.8 Å². The van der Waals surface area contributed by atoms with Crippen LogP contribution in [0, 0.1) is 11.8 Å². The lowest BCUT2D eigenvalue weighted by Gasteiger charge is -2.24. The fraction of sp³-hybridized carbons (Fsp3) is 0.923. The number of nitrogens with zero attached hydrogens (tertiary/aromatic N) is 1. The Balaban J connectivity index is 1.86. The lowest BCUT2D eigenvalue weighted by Crippen LogP contribution is -2.35. The molecule has 1 saturated carbocycles. The molecule has 0 aromatic rings. The molecule has 1 heterocycles. The van der Waals surface area contributed by atoms with E-state index in [4.69, 9.17) is 4.74 Å². The highest BCUT2D eigenvalue weighted by atomic mass is 16.5. The first kappa shape index (κ1) is 11.9. The standard InChI is InChI=1S/C13H23NO2/c1-16-13(15)12(11-6-7-11)10-14-8-4-2-3-5-9-14/h11-12H,2-10H2,1H3. The van der Waals surface area contributed by atoms with Gasteiger partial charge in [-0.15, -0.1) is 0 Å². The molecule has 0 aromatic heterocycles. The first-order chi connectivity index (χ1) is 7.81. The molecule has 1 aliphatic carbocycles. The van der Waals surface area contributed by atoms with Crippen molar-refractivity contribution >= 4 is 5.97 Å². The molecule has 1 aliphatic heterocycles. The minimum Gasteiger partial charge on any atom is -0.469 e. The predicted molar refractivity (Wildman–Crippen MR) is 63.1 cm³/mol. The quantitative estimate of drug-likeness (QED) is 0.686. The zero-order valence-corrected chi connectivity index (χ0v) is 10.3. The second kappa shape index (κ2) is 5.67. The summed E-state index contributed by atoms with van der Waals surface area (Å²) in [5, 5.41) is 0. The van der Waals surface area contributed by atoms with E-state index in [1.807, 2.05) is 0 Å². The third-order valence-electron chi connectivity index (χ3n) is 3.85. The largest absolute Gasteiger partial charge is 0.469 e. The van der Waals surface area contributed by atoms with Gasteiger partial charge >= 0.3 is 5.97 Å². The summed E-state index contributed by atoms with van der Waals surface area (Å²) in [5.41, 5.74) is 0. The molecule has 92 valence electrons. The third-order valence-corrected chi connectivity index (χ3v) is 3.85. The Morgan fingerprint density at radius 3 is 2.38 bits per heavy atom. The van der Waals surface area contributed by atoms with Gasteiger partial charge in [0.25, 0.3) is 0 Å². The number of esters is 1. The number of hydrogen-bond acceptors (Lipinski definition) is 3. The molecule has 2 fully saturated rings. The Morgan fingerprint density at radius 2 is 1.88 bits per heavy atom. The van der Waals surface area contributed by atoms with E-state index < -0.39 is 0 Å². The van der Waals surface area contributed by atoms with E-state index in [1.54, 1.807) is 0 Å². The Kier molecular flexibility index (Phi) is 4.22. The minimum absolute atomic E-state index is 0.00625. The van der Waals surface area contributed by atoms with E-state index in [2.05, 4.69) is 4.90 Å². The lowest BCUT2D eigenvalue weighted by molar-refractivity contribution is -0.147. The molecule has 0 bridgehead atoms. The van der Waals surface area contributed by atoms with Crippen molar-refractivity contribution in [3.05, 3.63) is 0 Å². The number of likely N-dealkylation sites (tertiary alicyclic amines) is 1. The fourth-order valence-electron chi connectivity index (χ4n) is 2.66. The molecular formula is C13H23NO2. The van der Waals surface area contributed by atoms with Gasteiger partial charge in [-0.25, -0.2) is 0 Å². The van der Waals surface area contributed by atoms with Crippen LogP contribution in [0.15, 0.2) is 0 Å². The van der Waals surface area contributed by atoms with Crippen molar-refractivity contribution in [1.29, 1.82) is 0 Å². The van der Waals surface area contributed by atoms with Crippen LogP contribution < -0.4 is 0 Å². The van der Waals surface area contributed by atoms with Gasteiger partial charge in [0.1, 0.15) is 0 Å². The number of carbonyl (C=O) groups excluding carboxylic acids is 1. The molecule has 0 spiro atoms. The number of hydrogen-bond donors (Lipinski definition) is 0. The van der Waals surface area contributed by atoms with E-state index >= 15 is 0 Å². The Bertz CT molecular complexity index is 230. The van der Waals surface area contributed by atoms with Crippen LogP contribution in [0.4, 0.5) is 0 Å². The van der Waals surface area contributed by atoms with E-state index in [0.29, 0.717) is 5.92 Å². The summed E-state index contributed by atoms with van der Waals surface area (Å²) in [6.07, 6.45) is 7.71. The number of carbonyl (C=O) groups is 1. The predicted octanol–water partition coefficient (Wildman–Crippen LogP) is 2.06. The van der Waals surface area contributed by atoms with Crippen LogP contribution in [-0.2, 0) is 9.53 Å². The highest BCUT2D eigenvalue weighted by Crippen LogP contribution is 2.38. The summed E-state index contributed by atoms with van der Waals surface area (Å²) in [7, 11) is 1.51.